The summed E-state index contributed by atoms with van der Waals surface area (Å²) in [6.07, 6.45) is 5.45. The lowest BCUT2D eigenvalue weighted by Crippen LogP contribution is -2.66. The van der Waals surface area contributed by atoms with Gasteiger partial charge in [0.05, 0.1) is 55.2 Å². The molecule has 0 aliphatic carbocycles. The minimum Gasteiger partial charge on any atom is -0.396 e. The van der Waals surface area contributed by atoms with Gasteiger partial charge in [-0.2, -0.15) is 0 Å². The molecule has 2 spiro atoms. The van der Waals surface area contributed by atoms with E-state index < -0.39 is 0 Å². The van der Waals surface area contributed by atoms with E-state index in [1.165, 1.54) is 18.8 Å². The van der Waals surface area contributed by atoms with Crippen molar-refractivity contribution < 1.29 is 14.6 Å². The average molecular weight is 732 g/mol. The highest BCUT2D eigenvalue weighted by atomic mass is 79.9. The number of alkyl halides is 3. The standard InChI is InChI=1S/C16H16N6O.C5H9Br3O.C5H9NO/c17-15-19-3-1-11(21-15)10-5-20-14-13(10)12(2-4-18-14)22-6-16(7-22)8-23-9-16;6-1-5(2-7,3-8)4-9;1-5(2-6-1)3-7-4-5/h1-5H,6-9H2,(H,18,20)(H2,17,19,21);9H,1-4H2;6H,1-4H2. The minimum absolute atomic E-state index is 0.0278. The fraction of sp³-hybridized carbons (Fsp3) is 0.577. The number of aliphatic hydroxyl groups is 1. The fourth-order valence-corrected chi connectivity index (χ4v) is 8.16. The molecule has 5 N–H and O–H groups in total. The third kappa shape index (κ3) is 6.00. The van der Waals surface area contributed by atoms with E-state index in [4.69, 9.17) is 20.3 Å². The van der Waals surface area contributed by atoms with Gasteiger partial charge < -0.3 is 35.5 Å². The zero-order valence-electron chi connectivity index (χ0n) is 21.6. The number of fused-ring (bicyclic) bond motifs is 1. The molecule has 7 heterocycles. The molecule has 4 aliphatic rings. The van der Waals surface area contributed by atoms with Crippen LogP contribution in [0.25, 0.3) is 22.3 Å². The first-order valence-electron chi connectivity index (χ1n) is 12.8. The number of hydrogen-bond donors (Lipinski definition) is 4. The summed E-state index contributed by atoms with van der Waals surface area (Å²) in [5.41, 5.74) is 10.5. The Morgan fingerprint density at radius 2 is 1.62 bits per heavy atom. The van der Waals surface area contributed by atoms with Gasteiger partial charge in [-0.1, -0.05) is 47.8 Å². The van der Waals surface area contributed by atoms with Gasteiger partial charge in [-0.05, 0) is 12.1 Å². The van der Waals surface area contributed by atoms with E-state index in [0.717, 1.165) is 77.8 Å². The Kier molecular flexibility index (Phi) is 9.16. The summed E-state index contributed by atoms with van der Waals surface area (Å²) in [5.74, 6) is 0.275. The number of H-pyrrole nitrogens is 1. The molecule has 7 rings (SSSR count). The lowest BCUT2D eigenvalue weighted by atomic mass is 9.77. The van der Waals surface area contributed by atoms with Gasteiger partial charge >= 0.3 is 0 Å². The number of aliphatic hydroxyl groups excluding tert-OH is 1. The van der Waals surface area contributed by atoms with Crippen molar-refractivity contribution in [3.8, 4) is 11.3 Å². The Bertz CT molecular complexity index is 1220. The van der Waals surface area contributed by atoms with Gasteiger partial charge in [-0.25, -0.2) is 15.0 Å². The number of aromatic nitrogens is 4. The Hall–Kier alpha value is -1.35. The molecule has 3 aromatic heterocycles. The maximum absolute atomic E-state index is 8.89. The van der Waals surface area contributed by atoms with E-state index in [0.29, 0.717) is 10.8 Å². The summed E-state index contributed by atoms with van der Waals surface area (Å²) < 4.78 is 10.4. The SMILES string of the molecule is C1NCC12COC2.Nc1nccc(-c2c[nH]c3nccc(N4CC5(COC5)C4)c23)n1.OCC(CBr)(CBr)CBr. The lowest BCUT2D eigenvalue weighted by Gasteiger charge is -2.56. The smallest absolute Gasteiger partial charge is 0.220 e. The van der Waals surface area contributed by atoms with Crippen LogP contribution in [-0.2, 0) is 9.47 Å². The molecule has 0 aromatic carbocycles. The van der Waals surface area contributed by atoms with Crippen molar-refractivity contribution in [2.45, 2.75) is 0 Å². The second-order valence-electron chi connectivity index (χ2n) is 11.1. The van der Waals surface area contributed by atoms with Gasteiger partial charge in [0.2, 0.25) is 5.95 Å². The number of rotatable bonds is 6. The second-order valence-corrected chi connectivity index (χ2v) is 12.7. The summed E-state index contributed by atoms with van der Waals surface area (Å²) in [5, 5.41) is 15.6. The van der Waals surface area contributed by atoms with Crippen LogP contribution < -0.4 is 16.0 Å². The fourth-order valence-electron chi connectivity index (χ4n) is 4.84. The third-order valence-corrected chi connectivity index (χ3v) is 11.3. The maximum Gasteiger partial charge on any atom is 0.220 e. The number of aromatic amines is 1. The lowest BCUT2D eigenvalue weighted by molar-refractivity contribution is -0.139. The number of nitrogens with one attached hydrogen (secondary N) is 2. The number of anilines is 2. The zero-order chi connectivity index (χ0) is 27.5. The van der Waals surface area contributed by atoms with Gasteiger partial charge in [-0.15, -0.1) is 0 Å². The zero-order valence-corrected chi connectivity index (χ0v) is 26.4. The molecule has 4 saturated heterocycles. The van der Waals surface area contributed by atoms with Gasteiger partial charge in [-0.3, -0.25) is 0 Å². The molecule has 0 bridgehead atoms. The largest absolute Gasteiger partial charge is 0.396 e. The van der Waals surface area contributed by atoms with E-state index >= 15 is 0 Å². The van der Waals surface area contributed by atoms with E-state index in [2.05, 4.69) is 84.0 Å². The molecule has 0 unspecified atom stereocenters. The third-order valence-electron chi connectivity index (χ3n) is 7.71. The highest BCUT2D eigenvalue weighted by molar-refractivity contribution is 9.10. The van der Waals surface area contributed by atoms with Crippen LogP contribution in [0.1, 0.15) is 0 Å². The van der Waals surface area contributed by atoms with Crippen molar-refractivity contribution in [1.29, 1.82) is 0 Å². The summed E-state index contributed by atoms with van der Waals surface area (Å²) in [6.45, 7) is 8.39. The quantitative estimate of drug-likeness (QED) is 0.282. The van der Waals surface area contributed by atoms with Crippen LogP contribution in [0.5, 0.6) is 0 Å². The number of nitrogen functional groups attached to an aromatic ring is 1. The van der Waals surface area contributed by atoms with Crippen LogP contribution in [0.15, 0.2) is 30.7 Å². The summed E-state index contributed by atoms with van der Waals surface area (Å²) in [7, 11) is 0. The first kappa shape index (κ1) is 29.2. The second kappa shape index (κ2) is 12.3. The van der Waals surface area contributed by atoms with Crippen LogP contribution in [0, 0.1) is 16.2 Å². The van der Waals surface area contributed by atoms with Gasteiger partial charge in [0.1, 0.15) is 5.65 Å². The molecule has 4 aliphatic heterocycles. The summed E-state index contributed by atoms with van der Waals surface area (Å²) >= 11 is 10.0. The normalized spacial score (nSPS) is 20.1. The first-order valence-corrected chi connectivity index (χ1v) is 16.2. The number of hydrogen-bond acceptors (Lipinski definition) is 9. The molecule has 10 nitrogen and oxygen atoms in total. The van der Waals surface area contributed by atoms with Crippen LogP contribution in [0.4, 0.5) is 11.6 Å². The number of nitrogens with zero attached hydrogens (tertiary/aromatic N) is 4. The average Bonchev–Trinajstić information content (AvgIpc) is 3.28. The molecule has 212 valence electrons. The van der Waals surface area contributed by atoms with Gasteiger partial charge in [0.15, 0.2) is 0 Å². The summed E-state index contributed by atoms with van der Waals surface area (Å²) in [6, 6.07) is 3.93. The van der Waals surface area contributed by atoms with E-state index in [9.17, 15) is 0 Å². The van der Waals surface area contributed by atoms with Crippen LogP contribution in [0.2, 0.25) is 0 Å². The molecule has 0 radical (unpaired) electrons. The minimum atomic E-state index is -0.0278. The van der Waals surface area contributed by atoms with Crippen molar-refractivity contribution in [1.82, 2.24) is 25.3 Å². The van der Waals surface area contributed by atoms with E-state index in [1.807, 2.05) is 18.5 Å². The van der Waals surface area contributed by atoms with Crippen LogP contribution >= 0.6 is 47.8 Å². The molecular formula is C26H34Br3N7O3. The number of pyridine rings is 1. The number of nitrogens with two attached hydrogens (primary N) is 1. The molecule has 4 fully saturated rings. The molecular weight excluding hydrogens is 698 g/mol. The van der Waals surface area contributed by atoms with Crippen LogP contribution in [-0.4, -0.2) is 100 Å². The van der Waals surface area contributed by atoms with Crippen molar-refractivity contribution in [2.24, 2.45) is 16.2 Å². The predicted molar refractivity (Wildman–Crippen MR) is 164 cm³/mol. The Morgan fingerprint density at radius 1 is 0.974 bits per heavy atom. The molecule has 0 amide bonds. The molecule has 13 heteroatoms. The van der Waals surface area contributed by atoms with E-state index in [1.54, 1.807) is 6.20 Å². The van der Waals surface area contributed by atoms with Crippen LogP contribution in [0.3, 0.4) is 0 Å². The van der Waals surface area contributed by atoms with Gasteiger partial charge in [0, 0.05) is 77.2 Å². The molecule has 0 atom stereocenters. The maximum atomic E-state index is 8.89. The first-order chi connectivity index (χ1) is 18.9. The molecule has 0 saturated carbocycles. The van der Waals surface area contributed by atoms with Crippen molar-refractivity contribution in [3.05, 3.63) is 30.7 Å². The number of ether oxygens (including phenoxy) is 2. The summed E-state index contributed by atoms with van der Waals surface area (Å²) in [4.78, 5) is 18.4. The van der Waals surface area contributed by atoms with Crippen molar-refractivity contribution >= 4 is 70.5 Å². The van der Waals surface area contributed by atoms with E-state index in [-0.39, 0.29) is 18.0 Å². The van der Waals surface area contributed by atoms with Crippen molar-refractivity contribution in [2.75, 3.05) is 85.8 Å². The molecule has 3 aromatic rings. The van der Waals surface area contributed by atoms with Crippen molar-refractivity contribution in [3.63, 3.8) is 0 Å². The molecule has 39 heavy (non-hydrogen) atoms. The predicted octanol–water partition coefficient (Wildman–Crippen LogP) is 3.19. The Labute approximate surface area is 253 Å². The number of halogens is 3. The highest BCUT2D eigenvalue weighted by Gasteiger charge is 2.49. The van der Waals surface area contributed by atoms with Gasteiger partial charge in [0.25, 0.3) is 0 Å². The monoisotopic (exact) mass is 729 g/mol. The topological polar surface area (TPSA) is 134 Å². The highest BCUT2D eigenvalue weighted by Crippen LogP contribution is 2.43. The Morgan fingerprint density at radius 3 is 2.05 bits per heavy atom. The Balaban J connectivity index is 0.000000158.